The lowest BCUT2D eigenvalue weighted by Crippen LogP contribution is -2.45. The quantitative estimate of drug-likeness (QED) is 0.848. The second-order valence-corrected chi connectivity index (χ2v) is 5.43. The molecule has 2 atom stereocenters. The largest absolute Gasteiger partial charge is 0.347 e. The molecule has 2 unspecified atom stereocenters. The zero-order valence-electron chi connectivity index (χ0n) is 12.4. The van der Waals surface area contributed by atoms with Crippen LogP contribution < -0.4 is 5.32 Å². The zero-order valence-corrected chi connectivity index (χ0v) is 12.4. The van der Waals surface area contributed by atoms with Crippen LogP contribution in [0.1, 0.15) is 38.9 Å². The Labute approximate surface area is 115 Å². The van der Waals surface area contributed by atoms with Gasteiger partial charge in [0.15, 0.2) is 0 Å². The van der Waals surface area contributed by atoms with Crippen molar-refractivity contribution in [1.29, 1.82) is 0 Å². The lowest BCUT2D eigenvalue weighted by atomic mass is 10.0. The van der Waals surface area contributed by atoms with Crippen LogP contribution in [0.2, 0.25) is 0 Å². The van der Waals surface area contributed by atoms with Crippen LogP contribution in [0.5, 0.6) is 0 Å². The zero-order chi connectivity index (χ0) is 14.4. The van der Waals surface area contributed by atoms with Gasteiger partial charge in [-0.15, -0.1) is 0 Å². The molecule has 0 aliphatic carbocycles. The minimum atomic E-state index is -0.188. The predicted octanol–water partition coefficient (Wildman–Crippen LogP) is 1.63. The molecular weight excluding hydrogens is 240 g/mol. The molecule has 0 spiro atoms. The Morgan fingerprint density at radius 3 is 2.47 bits per heavy atom. The van der Waals surface area contributed by atoms with E-state index < -0.39 is 0 Å². The second kappa shape index (κ2) is 7.19. The summed E-state index contributed by atoms with van der Waals surface area (Å²) in [4.78, 5) is 22.1. The molecule has 0 aliphatic heterocycles. The molecule has 1 N–H and O–H groups in total. The number of carbonyl (C=O) groups is 1. The van der Waals surface area contributed by atoms with Gasteiger partial charge in [0.1, 0.15) is 0 Å². The van der Waals surface area contributed by atoms with E-state index in [1.165, 1.54) is 0 Å². The number of likely N-dealkylation sites (N-methyl/N-ethyl adjacent to an activating group) is 1. The van der Waals surface area contributed by atoms with Crippen molar-refractivity contribution in [3.63, 3.8) is 0 Å². The maximum Gasteiger partial charge on any atom is 0.239 e. The SMILES string of the molecule is CC(C)CC(NC(C)c1cnccn1)C(=O)N(C)C. The molecule has 0 saturated heterocycles. The number of nitrogens with one attached hydrogen (secondary N) is 1. The van der Waals surface area contributed by atoms with Gasteiger partial charge in [0.2, 0.25) is 5.91 Å². The Morgan fingerprint density at radius 2 is 2.00 bits per heavy atom. The average Bonchev–Trinajstić information content (AvgIpc) is 2.37. The van der Waals surface area contributed by atoms with Crippen molar-refractivity contribution in [3.8, 4) is 0 Å². The highest BCUT2D eigenvalue weighted by molar-refractivity contribution is 5.81. The topological polar surface area (TPSA) is 58.1 Å². The maximum absolute atomic E-state index is 12.2. The molecule has 1 heterocycles. The Morgan fingerprint density at radius 1 is 1.32 bits per heavy atom. The van der Waals surface area contributed by atoms with Crippen LogP contribution in [0, 0.1) is 5.92 Å². The summed E-state index contributed by atoms with van der Waals surface area (Å²) in [6.07, 6.45) is 5.84. The summed E-state index contributed by atoms with van der Waals surface area (Å²) in [5.74, 6) is 0.555. The summed E-state index contributed by atoms with van der Waals surface area (Å²) in [6, 6.07) is -0.187. The highest BCUT2D eigenvalue weighted by Crippen LogP contribution is 2.13. The average molecular weight is 264 g/mol. The molecule has 1 aromatic heterocycles. The number of amides is 1. The Kier molecular flexibility index (Phi) is 5.89. The van der Waals surface area contributed by atoms with Crippen molar-refractivity contribution >= 4 is 5.91 Å². The first-order chi connectivity index (χ1) is 8.91. The number of aromatic nitrogens is 2. The van der Waals surface area contributed by atoms with Crippen molar-refractivity contribution in [2.45, 2.75) is 39.3 Å². The third-order valence-corrected chi connectivity index (χ3v) is 2.92. The molecule has 0 radical (unpaired) electrons. The Bertz CT molecular complexity index is 392. The number of hydrogen-bond donors (Lipinski definition) is 1. The van der Waals surface area contributed by atoms with Gasteiger partial charge in [-0.05, 0) is 19.3 Å². The van der Waals surface area contributed by atoms with E-state index in [-0.39, 0.29) is 18.0 Å². The Hall–Kier alpha value is -1.49. The van der Waals surface area contributed by atoms with E-state index in [9.17, 15) is 4.79 Å². The van der Waals surface area contributed by atoms with Crippen molar-refractivity contribution in [1.82, 2.24) is 20.2 Å². The van der Waals surface area contributed by atoms with Crippen LogP contribution in [0.15, 0.2) is 18.6 Å². The fraction of sp³-hybridized carbons (Fsp3) is 0.643. The smallest absolute Gasteiger partial charge is 0.239 e. The van der Waals surface area contributed by atoms with Gasteiger partial charge < -0.3 is 4.90 Å². The molecule has 0 saturated carbocycles. The van der Waals surface area contributed by atoms with Crippen LogP contribution in [0.3, 0.4) is 0 Å². The molecule has 1 rings (SSSR count). The molecule has 19 heavy (non-hydrogen) atoms. The molecule has 1 aromatic rings. The molecule has 0 bridgehead atoms. The Balaban J connectivity index is 2.74. The van der Waals surface area contributed by atoms with Gasteiger partial charge in [0.25, 0.3) is 0 Å². The normalized spacial score (nSPS) is 14.2. The number of hydrogen-bond acceptors (Lipinski definition) is 4. The van der Waals surface area contributed by atoms with E-state index >= 15 is 0 Å². The molecular formula is C14H24N4O. The highest BCUT2D eigenvalue weighted by Gasteiger charge is 2.23. The molecule has 5 heteroatoms. The van der Waals surface area contributed by atoms with E-state index in [4.69, 9.17) is 0 Å². The van der Waals surface area contributed by atoms with Crippen LogP contribution in [-0.4, -0.2) is 40.9 Å². The van der Waals surface area contributed by atoms with Crippen molar-refractivity contribution in [2.24, 2.45) is 5.92 Å². The van der Waals surface area contributed by atoms with Crippen molar-refractivity contribution < 1.29 is 4.79 Å². The van der Waals surface area contributed by atoms with E-state index in [1.54, 1.807) is 37.6 Å². The van der Waals surface area contributed by atoms with Gasteiger partial charge in [-0.3, -0.25) is 20.1 Å². The minimum absolute atomic E-state index is 0.00125. The van der Waals surface area contributed by atoms with Gasteiger partial charge >= 0.3 is 0 Å². The third kappa shape index (κ3) is 4.95. The van der Waals surface area contributed by atoms with Gasteiger partial charge in [-0.25, -0.2) is 0 Å². The first-order valence-electron chi connectivity index (χ1n) is 6.65. The molecule has 106 valence electrons. The summed E-state index contributed by atoms with van der Waals surface area (Å²) in [5, 5.41) is 3.35. The maximum atomic E-state index is 12.2. The molecule has 1 amide bonds. The van der Waals surface area contributed by atoms with Crippen LogP contribution in [0.4, 0.5) is 0 Å². The van der Waals surface area contributed by atoms with Gasteiger partial charge in [0.05, 0.1) is 11.7 Å². The number of nitrogens with zero attached hydrogens (tertiary/aromatic N) is 3. The summed E-state index contributed by atoms with van der Waals surface area (Å²) in [5.41, 5.74) is 0.850. The van der Waals surface area contributed by atoms with E-state index in [0.29, 0.717) is 5.92 Å². The van der Waals surface area contributed by atoms with E-state index in [1.807, 2.05) is 6.92 Å². The van der Waals surface area contributed by atoms with Gasteiger partial charge in [-0.2, -0.15) is 0 Å². The standard InChI is InChI=1S/C14H24N4O/c1-10(2)8-12(14(19)18(4)5)17-11(3)13-9-15-6-7-16-13/h6-7,9-12,17H,8H2,1-5H3. The summed E-state index contributed by atoms with van der Waals surface area (Å²) < 4.78 is 0. The van der Waals surface area contributed by atoms with Gasteiger partial charge in [-0.1, -0.05) is 13.8 Å². The fourth-order valence-electron chi connectivity index (χ4n) is 1.94. The molecule has 0 fully saturated rings. The van der Waals surface area contributed by atoms with Crippen LogP contribution in [-0.2, 0) is 4.79 Å². The molecule has 5 nitrogen and oxygen atoms in total. The van der Waals surface area contributed by atoms with E-state index in [0.717, 1.165) is 12.1 Å². The van der Waals surface area contributed by atoms with Crippen LogP contribution in [0.25, 0.3) is 0 Å². The van der Waals surface area contributed by atoms with E-state index in [2.05, 4.69) is 29.1 Å². The second-order valence-electron chi connectivity index (χ2n) is 5.43. The third-order valence-electron chi connectivity index (χ3n) is 2.92. The van der Waals surface area contributed by atoms with Crippen molar-refractivity contribution in [3.05, 3.63) is 24.3 Å². The first-order valence-corrected chi connectivity index (χ1v) is 6.65. The lowest BCUT2D eigenvalue weighted by Gasteiger charge is -2.26. The first kappa shape index (κ1) is 15.6. The van der Waals surface area contributed by atoms with Crippen molar-refractivity contribution in [2.75, 3.05) is 14.1 Å². The predicted molar refractivity (Wildman–Crippen MR) is 75.5 cm³/mol. The summed E-state index contributed by atoms with van der Waals surface area (Å²) in [6.45, 7) is 6.23. The van der Waals surface area contributed by atoms with Crippen LogP contribution >= 0.6 is 0 Å². The molecule has 0 aromatic carbocycles. The monoisotopic (exact) mass is 264 g/mol. The molecule has 0 aliphatic rings. The van der Waals surface area contributed by atoms with Gasteiger partial charge in [0, 0.05) is 38.7 Å². The highest BCUT2D eigenvalue weighted by atomic mass is 16.2. The summed E-state index contributed by atoms with van der Waals surface area (Å²) in [7, 11) is 3.56. The summed E-state index contributed by atoms with van der Waals surface area (Å²) >= 11 is 0. The fourth-order valence-corrected chi connectivity index (χ4v) is 1.94. The lowest BCUT2D eigenvalue weighted by molar-refractivity contribution is -0.131. The minimum Gasteiger partial charge on any atom is -0.347 e. The number of carbonyl (C=O) groups excluding carboxylic acids is 1. The number of rotatable bonds is 6.